The number of amides is 2. The van der Waals surface area contributed by atoms with Gasteiger partial charge in [-0.1, -0.05) is 0 Å². The first-order chi connectivity index (χ1) is 6.84. The van der Waals surface area contributed by atoms with E-state index in [1.165, 1.54) is 7.05 Å². The molecule has 0 radical (unpaired) electrons. The van der Waals surface area contributed by atoms with Crippen LogP contribution in [0.3, 0.4) is 0 Å². The zero-order chi connectivity index (χ0) is 11.4. The summed E-state index contributed by atoms with van der Waals surface area (Å²) < 4.78 is 37.4. The second kappa shape index (κ2) is 2.94. The first-order valence-electron chi connectivity index (χ1n) is 4.45. The van der Waals surface area contributed by atoms with E-state index in [2.05, 4.69) is 5.32 Å². The maximum atomic E-state index is 12.5. The van der Waals surface area contributed by atoms with E-state index in [4.69, 9.17) is 0 Å². The topological polar surface area (TPSA) is 49.4 Å². The predicted molar refractivity (Wildman–Crippen MR) is 42.6 cm³/mol. The molecule has 2 saturated heterocycles. The summed E-state index contributed by atoms with van der Waals surface area (Å²) >= 11 is 0. The van der Waals surface area contributed by atoms with Crippen LogP contribution in [-0.2, 0) is 9.59 Å². The van der Waals surface area contributed by atoms with E-state index in [9.17, 15) is 22.8 Å². The summed E-state index contributed by atoms with van der Waals surface area (Å²) in [5.74, 6) is -3.39. The van der Waals surface area contributed by atoms with Crippen LogP contribution in [0.15, 0.2) is 0 Å². The van der Waals surface area contributed by atoms with Crippen LogP contribution in [0.25, 0.3) is 0 Å². The number of fused-ring (bicyclic) bond motifs is 1. The van der Waals surface area contributed by atoms with Gasteiger partial charge in [-0.25, -0.2) is 0 Å². The largest absolute Gasteiger partial charge is 0.404 e. The second-order valence-electron chi connectivity index (χ2n) is 3.80. The maximum absolute atomic E-state index is 12.5. The van der Waals surface area contributed by atoms with Crippen LogP contribution in [0.1, 0.15) is 0 Å². The number of carbonyl (C=O) groups is 2. The number of imide groups is 1. The Morgan fingerprint density at radius 3 is 2.47 bits per heavy atom. The molecule has 0 aromatic rings. The molecule has 7 heteroatoms. The van der Waals surface area contributed by atoms with Crippen molar-refractivity contribution in [1.82, 2.24) is 10.2 Å². The average Bonchev–Trinajstić information content (AvgIpc) is 2.63. The Kier molecular flexibility index (Phi) is 2.04. The molecule has 15 heavy (non-hydrogen) atoms. The van der Waals surface area contributed by atoms with Crippen LogP contribution in [0.5, 0.6) is 0 Å². The molecular formula is C8H9F3N2O2. The quantitative estimate of drug-likeness (QED) is 0.575. The minimum Gasteiger partial charge on any atom is -0.305 e. The zero-order valence-electron chi connectivity index (χ0n) is 7.84. The van der Waals surface area contributed by atoms with E-state index < -0.39 is 35.9 Å². The van der Waals surface area contributed by atoms with Crippen LogP contribution in [-0.4, -0.2) is 42.5 Å². The summed E-state index contributed by atoms with van der Waals surface area (Å²) in [6.45, 7) is -0.0796. The molecule has 0 aromatic heterocycles. The molecule has 1 N–H and O–H groups in total. The van der Waals surface area contributed by atoms with Gasteiger partial charge in [0.15, 0.2) is 0 Å². The molecule has 2 heterocycles. The van der Waals surface area contributed by atoms with Gasteiger partial charge in [0.05, 0.1) is 11.8 Å². The third-order valence-electron chi connectivity index (χ3n) is 2.97. The average molecular weight is 222 g/mol. The molecule has 0 aromatic carbocycles. The second-order valence-corrected chi connectivity index (χ2v) is 3.80. The van der Waals surface area contributed by atoms with Gasteiger partial charge in [-0.3, -0.25) is 14.5 Å². The van der Waals surface area contributed by atoms with Crippen molar-refractivity contribution in [3.8, 4) is 0 Å². The summed E-state index contributed by atoms with van der Waals surface area (Å²) in [5.41, 5.74) is 0. The fraction of sp³-hybridized carbons (Fsp3) is 0.750. The number of rotatable bonds is 0. The van der Waals surface area contributed by atoms with Crippen LogP contribution in [0.2, 0.25) is 0 Å². The normalized spacial score (nSPS) is 36.3. The lowest BCUT2D eigenvalue weighted by molar-refractivity contribution is -0.167. The van der Waals surface area contributed by atoms with Crippen molar-refractivity contribution < 1.29 is 22.8 Å². The number of hydrogen-bond acceptors (Lipinski definition) is 3. The van der Waals surface area contributed by atoms with Crippen LogP contribution < -0.4 is 5.32 Å². The first kappa shape index (κ1) is 10.4. The Morgan fingerprint density at radius 2 is 1.93 bits per heavy atom. The molecule has 0 unspecified atom stereocenters. The van der Waals surface area contributed by atoms with Gasteiger partial charge in [-0.2, -0.15) is 13.2 Å². The van der Waals surface area contributed by atoms with Crippen molar-refractivity contribution >= 4 is 11.8 Å². The molecule has 0 saturated carbocycles. The van der Waals surface area contributed by atoms with Gasteiger partial charge < -0.3 is 5.32 Å². The highest BCUT2D eigenvalue weighted by molar-refractivity contribution is 6.05. The predicted octanol–water partition coefficient (Wildman–Crippen LogP) is -0.249. The van der Waals surface area contributed by atoms with Crippen molar-refractivity contribution in [2.24, 2.45) is 11.8 Å². The van der Waals surface area contributed by atoms with E-state index in [1.54, 1.807) is 0 Å². The van der Waals surface area contributed by atoms with Crippen molar-refractivity contribution in [3.63, 3.8) is 0 Å². The van der Waals surface area contributed by atoms with Crippen LogP contribution in [0, 0.1) is 11.8 Å². The number of nitrogens with one attached hydrogen (secondary N) is 1. The van der Waals surface area contributed by atoms with Gasteiger partial charge in [0.2, 0.25) is 11.8 Å². The number of nitrogens with zero attached hydrogens (tertiary/aromatic N) is 1. The van der Waals surface area contributed by atoms with E-state index in [1.807, 2.05) is 0 Å². The van der Waals surface area contributed by atoms with Crippen molar-refractivity contribution in [2.45, 2.75) is 12.2 Å². The lowest BCUT2D eigenvalue weighted by Crippen LogP contribution is -2.45. The minimum absolute atomic E-state index is 0.0796. The summed E-state index contributed by atoms with van der Waals surface area (Å²) in [6.07, 6.45) is -4.49. The summed E-state index contributed by atoms with van der Waals surface area (Å²) in [5, 5.41) is 2.19. The van der Waals surface area contributed by atoms with Gasteiger partial charge >= 0.3 is 6.18 Å². The number of likely N-dealkylation sites (tertiary alicyclic amines) is 1. The Morgan fingerprint density at radius 1 is 1.33 bits per heavy atom. The summed E-state index contributed by atoms with van der Waals surface area (Å²) in [4.78, 5) is 23.6. The third kappa shape index (κ3) is 1.33. The Balaban J connectivity index is 2.31. The number of hydrogen-bond donors (Lipinski definition) is 1. The highest BCUT2D eigenvalue weighted by Gasteiger charge is 2.60. The van der Waals surface area contributed by atoms with E-state index in [0.29, 0.717) is 0 Å². The molecule has 84 valence electrons. The zero-order valence-corrected chi connectivity index (χ0v) is 7.84. The summed E-state index contributed by atoms with van der Waals surface area (Å²) in [7, 11) is 1.22. The molecule has 0 spiro atoms. The van der Waals surface area contributed by atoms with Gasteiger partial charge in [0.1, 0.15) is 6.04 Å². The lowest BCUT2D eigenvalue weighted by atomic mass is 9.93. The first-order valence-corrected chi connectivity index (χ1v) is 4.45. The maximum Gasteiger partial charge on any atom is 0.404 e. The van der Waals surface area contributed by atoms with Crippen molar-refractivity contribution in [2.75, 3.05) is 13.6 Å². The molecule has 0 bridgehead atoms. The molecule has 2 rings (SSSR count). The highest BCUT2D eigenvalue weighted by Crippen LogP contribution is 2.39. The standard InChI is InChI=1S/C8H9F3N2O2/c1-13-6(14)3-2-12-5(8(9,10)11)4(3)7(13)15/h3-5,12H,2H2,1H3/t3-,4-,5-/m1/s1. The smallest absolute Gasteiger partial charge is 0.305 e. The molecule has 2 aliphatic rings. The monoisotopic (exact) mass is 222 g/mol. The molecule has 2 aliphatic heterocycles. The lowest BCUT2D eigenvalue weighted by Gasteiger charge is -2.20. The fourth-order valence-corrected chi connectivity index (χ4v) is 2.20. The third-order valence-corrected chi connectivity index (χ3v) is 2.97. The minimum atomic E-state index is -4.49. The SMILES string of the molecule is CN1C(=O)[C@H]2[C@H](C(F)(F)F)NC[C@H]2C1=O. The van der Waals surface area contributed by atoms with Gasteiger partial charge in [-0.05, 0) is 0 Å². The summed E-state index contributed by atoms with van der Waals surface area (Å²) in [6, 6.07) is -1.89. The number of alkyl halides is 3. The molecule has 3 atom stereocenters. The van der Waals surface area contributed by atoms with E-state index in [-0.39, 0.29) is 6.54 Å². The van der Waals surface area contributed by atoms with E-state index >= 15 is 0 Å². The number of halogens is 3. The molecule has 2 amide bonds. The van der Waals surface area contributed by atoms with E-state index in [0.717, 1.165) is 4.90 Å². The van der Waals surface area contributed by atoms with Gasteiger partial charge in [0, 0.05) is 13.6 Å². The van der Waals surface area contributed by atoms with Crippen LogP contribution >= 0.6 is 0 Å². The van der Waals surface area contributed by atoms with Crippen molar-refractivity contribution in [3.05, 3.63) is 0 Å². The fourth-order valence-electron chi connectivity index (χ4n) is 2.20. The van der Waals surface area contributed by atoms with Crippen LogP contribution in [0.4, 0.5) is 13.2 Å². The molecule has 4 nitrogen and oxygen atoms in total. The molecule has 2 fully saturated rings. The molecular weight excluding hydrogens is 213 g/mol. The highest BCUT2D eigenvalue weighted by atomic mass is 19.4. The van der Waals surface area contributed by atoms with Gasteiger partial charge in [0.25, 0.3) is 0 Å². The van der Waals surface area contributed by atoms with Crippen molar-refractivity contribution in [1.29, 1.82) is 0 Å². The Bertz CT molecular complexity index is 328. The Labute approximate surface area is 83.4 Å². The molecule has 0 aliphatic carbocycles. The van der Waals surface area contributed by atoms with Gasteiger partial charge in [-0.15, -0.1) is 0 Å². The number of carbonyl (C=O) groups excluding carboxylic acids is 2. The Hall–Kier alpha value is -1.11.